The second-order valence-corrected chi connectivity index (χ2v) is 5.35. The minimum atomic E-state index is -0.289. The van der Waals surface area contributed by atoms with Gasteiger partial charge in [-0.15, -0.1) is 0 Å². The molecule has 21 heavy (non-hydrogen) atoms. The van der Waals surface area contributed by atoms with Crippen molar-refractivity contribution in [3.8, 4) is 11.8 Å². The molecule has 1 aliphatic rings. The first kappa shape index (κ1) is 15.4. The molecule has 4 nitrogen and oxygen atoms in total. The molecule has 0 spiro atoms. The van der Waals surface area contributed by atoms with Gasteiger partial charge in [-0.2, -0.15) is 0 Å². The molecular weight excluding hydrogens is 288 g/mol. The molecular formula is C16H17ClN2O2. The summed E-state index contributed by atoms with van der Waals surface area (Å²) in [4.78, 5) is 25.4. The molecule has 2 rings (SSSR count). The van der Waals surface area contributed by atoms with Crippen LogP contribution in [-0.2, 0) is 16.0 Å². The SMILES string of the molecule is CC#CC(=O)NC1CCN(C(=O)Cc2ccccc2Cl)C1. The number of halogens is 1. The quantitative estimate of drug-likeness (QED) is 0.863. The van der Waals surface area contributed by atoms with E-state index in [9.17, 15) is 9.59 Å². The molecule has 0 radical (unpaired) electrons. The van der Waals surface area contributed by atoms with Gasteiger partial charge in [0.2, 0.25) is 5.91 Å². The molecule has 0 bridgehead atoms. The summed E-state index contributed by atoms with van der Waals surface area (Å²) in [6.07, 6.45) is 1.04. The van der Waals surface area contributed by atoms with Crippen molar-refractivity contribution in [2.45, 2.75) is 25.8 Å². The van der Waals surface area contributed by atoms with Gasteiger partial charge in [-0.25, -0.2) is 0 Å². The predicted molar refractivity (Wildman–Crippen MR) is 81.7 cm³/mol. The molecule has 1 aromatic rings. The van der Waals surface area contributed by atoms with Gasteiger partial charge in [-0.3, -0.25) is 9.59 Å². The van der Waals surface area contributed by atoms with Crippen molar-refractivity contribution >= 4 is 23.4 Å². The molecule has 5 heteroatoms. The maximum Gasteiger partial charge on any atom is 0.296 e. The van der Waals surface area contributed by atoms with E-state index in [1.807, 2.05) is 18.2 Å². The van der Waals surface area contributed by atoms with Gasteiger partial charge in [0, 0.05) is 24.2 Å². The summed E-state index contributed by atoms with van der Waals surface area (Å²) in [6.45, 7) is 2.79. The summed E-state index contributed by atoms with van der Waals surface area (Å²) in [6, 6.07) is 7.32. The number of benzene rings is 1. The highest BCUT2D eigenvalue weighted by Crippen LogP contribution is 2.18. The molecule has 2 amide bonds. The number of nitrogens with zero attached hydrogens (tertiary/aromatic N) is 1. The monoisotopic (exact) mass is 304 g/mol. The third-order valence-electron chi connectivity index (χ3n) is 3.41. The van der Waals surface area contributed by atoms with Crippen molar-refractivity contribution in [2.24, 2.45) is 0 Å². The van der Waals surface area contributed by atoms with Crippen LogP contribution in [0.1, 0.15) is 18.9 Å². The molecule has 110 valence electrons. The number of amides is 2. The zero-order chi connectivity index (χ0) is 15.2. The molecule has 1 fully saturated rings. The van der Waals surface area contributed by atoms with Crippen LogP contribution in [-0.4, -0.2) is 35.8 Å². The number of carbonyl (C=O) groups is 2. The lowest BCUT2D eigenvalue weighted by atomic mass is 10.1. The Morgan fingerprint density at radius 2 is 2.19 bits per heavy atom. The molecule has 0 aliphatic carbocycles. The van der Waals surface area contributed by atoms with E-state index in [1.165, 1.54) is 0 Å². The summed E-state index contributed by atoms with van der Waals surface area (Å²) < 4.78 is 0. The lowest BCUT2D eigenvalue weighted by Gasteiger charge is -2.17. The minimum absolute atomic E-state index is 0.0199. The Balaban J connectivity index is 1.89. The maximum absolute atomic E-state index is 12.3. The fraction of sp³-hybridized carbons (Fsp3) is 0.375. The Kier molecular flexibility index (Phi) is 5.24. The highest BCUT2D eigenvalue weighted by molar-refractivity contribution is 6.31. The van der Waals surface area contributed by atoms with Gasteiger partial charge in [-0.1, -0.05) is 35.7 Å². The Morgan fingerprint density at radius 3 is 2.90 bits per heavy atom. The summed E-state index contributed by atoms with van der Waals surface area (Å²) >= 11 is 6.06. The Bertz CT molecular complexity index is 604. The average molecular weight is 305 g/mol. The molecule has 1 N–H and O–H groups in total. The lowest BCUT2D eigenvalue weighted by molar-refractivity contribution is -0.129. The van der Waals surface area contributed by atoms with Crippen LogP contribution in [0.15, 0.2) is 24.3 Å². The van der Waals surface area contributed by atoms with Crippen molar-refractivity contribution in [3.05, 3.63) is 34.9 Å². The fourth-order valence-corrected chi connectivity index (χ4v) is 2.56. The third-order valence-corrected chi connectivity index (χ3v) is 3.78. The second-order valence-electron chi connectivity index (χ2n) is 4.94. The van der Waals surface area contributed by atoms with Crippen LogP contribution in [0.4, 0.5) is 0 Å². The Hall–Kier alpha value is -1.99. The standard InChI is InChI=1S/C16H17ClN2O2/c1-2-5-15(20)18-13-8-9-19(11-13)16(21)10-12-6-3-4-7-14(12)17/h3-4,6-7,13H,8-11H2,1H3,(H,18,20). The van der Waals surface area contributed by atoms with Gasteiger partial charge < -0.3 is 10.2 Å². The Labute approximate surface area is 129 Å². The first-order chi connectivity index (χ1) is 10.1. The highest BCUT2D eigenvalue weighted by Gasteiger charge is 2.27. The topological polar surface area (TPSA) is 49.4 Å². The molecule has 1 aromatic carbocycles. The van der Waals surface area contributed by atoms with Crippen molar-refractivity contribution < 1.29 is 9.59 Å². The molecule has 1 atom stereocenters. The number of carbonyl (C=O) groups excluding carboxylic acids is 2. The fourth-order valence-electron chi connectivity index (χ4n) is 2.36. The van der Waals surface area contributed by atoms with Gasteiger partial charge in [0.25, 0.3) is 5.91 Å². The van der Waals surface area contributed by atoms with Crippen LogP contribution in [0.5, 0.6) is 0 Å². The normalized spacial score (nSPS) is 17.0. The van der Waals surface area contributed by atoms with Crippen molar-refractivity contribution in [3.63, 3.8) is 0 Å². The minimum Gasteiger partial charge on any atom is -0.341 e. The van der Waals surface area contributed by atoms with Crippen molar-refractivity contribution in [1.82, 2.24) is 10.2 Å². The van der Waals surface area contributed by atoms with E-state index in [4.69, 9.17) is 11.6 Å². The molecule has 1 saturated heterocycles. The summed E-state index contributed by atoms with van der Waals surface area (Å²) in [5, 5.41) is 3.41. The summed E-state index contributed by atoms with van der Waals surface area (Å²) in [7, 11) is 0. The first-order valence-corrected chi connectivity index (χ1v) is 7.22. The van der Waals surface area contributed by atoms with Crippen LogP contribution in [0.2, 0.25) is 5.02 Å². The van der Waals surface area contributed by atoms with E-state index in [2.05, 4.69) is 17.2 Å². The largest absolute Gasteiger partial charge is 0.341 e. The number of hydrogen-bond donors (Lipinski definition) is 1. The lowest BCUT2D eigenvalue weighted by Crippen LogP contribution is -2.38. The van der Waals surface area contributed by atoms with Crippen LogP contribution in [0.25, 0.3) is 0 Å². The number of nitrogens with one attached hydrogen (secondary N) is 1. The van der Waals surface area contributed by atoms with Gasteiger partial charge in [-0.05, 0) is 30.9 Å². The third kappa shape index (κ3) is 4.24. The number of hydrogen-bond acceptors (Lipinski definition) is 2. The first-order valence-electron chi connectivity index (χ1n) is 6.84. The zero-order valence-electron chi connectivity index (χ0n) is 11.9. The van der Waals surface area contributed by atoms with Crippen molar-refractivity contribution in [1.29, 1.82) is 0 Å². The van der Waals surface area contributed by atoms with Crippen LogP contribution < -0.4 is 5.32 Å². The van der Waals surface area contributed by atoms with Crippen LogP contribution in [0, 0.1) is 11.8 Å². The van der Waals surface area contributed by atoms with E-state index >= 15 is 0 Å². The number of likely N-dealkylation sites (tertiary alicyclic amines) is 1. The maximum atomic E-state index is 12.3. The van der Waals surface area contributed by atoms with Crippen LogP contribution >= 0.6 is 11.6 Å². The van der Waals surface area contributed by atoms with E-state index in [0.717, 1.165) is 12.0 Å². The molecule has 1 aliphatic heterocycles. The van der Waals surface area contributed by atoms with Gasteiger partial charge >= 0.3 is 0 Å². The molecule has 1 heterocycles. The molecule has 0 saturated carbocycles. The molecule has 0 aromatic heterocycles. The highest BCUT2D eigenvalue weighted by atomic mass is 35.5. The zero-order valence-corrected chi connectivity index (χ0v) is 12.6. The predicted octanol–water partition coefficient (Wildman–Crippen LogP) is 1.62. The van der Waals surface area contributed by atoms with E-state index in [-0.39, 0.29) is 24.3 Å². The number of rotatable bonds is 3. The second kappa shape index (κ2) is 7.14. The van der Waals surface area contributed by atoms with Gasteiger partial charge in [0.1, 0.15) is 0 Å². The van der Waals surface area contributed by atoms with Crippen molar-refractivity contribution in [2.75, 3.05) is 13.1 Å². The van der Waals surface area contributed by atoms with E-state index in [0.29, 0.717) is 18.1 Å². The smallest absolute Gasteiger partial charge is 0.296 e. The molecule has 1 unspecified atom stereocenters. The van der Waals surface area contributed by atoms with Gasteiger partial charge in [0.05, 0.1) is 6.42 Å². The summed E-state index contributed by atoms with van der Waals surface area (Å²) in [5.41, 5.74) is 0.827. The average Bonchev–Trinajstić information content (AvgIpc) is 2.90. The Morgan fingerprint density at radius 1 is 1.43 bits per heavy atom. The summed E-state index contributed by atoms with van der Waals surface area (Å²) in [5.74, 6) is 4.74. The van der Waals surface area contributed by atoms with E-state index in [1.54, 1.807) is 17.9 Å². The van der Waals surface area contributed by atoms with Crippen LogP contribution in [0.3, 0.4) is 0 Å². The van der Waals surface area contributed by atoms with E-state index < -0.39 is 0 Å². The van der Waals surface area contributed by atoms with Gasteiger partial charge in [0.15, 0.2) is 0 Å².